The summed E-state index contributed by atoms with van der Waals surface area (Å²) in [6.07, 6.45) is 5.30. The Bertz CT molecular complexity index is 352. The number of aromatic nitrogens is 1. The van der Waals surface area contributed by atoms with Gasteiger partial charge < -0.3 is 15.8 Å². The Hall–Kier alpha value is -1.29. The number of ether oxygens (including phenoxy) is 1. The van der Waals surface area contributed by atoms with Crippen molar-refractivity contribution >= 4 is 5.82 Å². The number of hydrogen-bond donors (Lipinski definition) is 2. The lowest BCUT2D eigenvalue weighted by Crippen LogP contribution is -2.31. The van der Waals surface area contributed by atoms with Crippen molar-refractivity contribution in [3.05, 3.63) is 18.3 Å². The summed E-state index contributed by atoms with van der Waals surface area (Å²) < 4.78 is 5.63. The summed E-state index contributed by atoms with van der Waals surface area (Å²) in [6.45, 7) is 3.58. The van der Waals surface area contributed by atoms with Crippen molar-refractivity contribution in [1.29, 1.82) is 0 Å². The van der Waals surface area contributed by atoms with E-state index >= 15 is 0 Å². The maximum atomic E-state index is 6.05. The molecule has 1 aromatic rings. The largest absolute Gasteiger partial charge is 0.490 e. The van der Waals surface area contributed by atoms with Crippen molar-refractivity contribution in [1.82, 2.24) is 4.98 Å². The molecule has 1 fully saturated rings. The predicted octanol–water partition coefficient (Wildman–Crippen LogP) is 2.02. The van der Waals surface area contributed by atoms with Crippen molar-refractivity contribution in [2.75, 3.05) is 18.5 Å². The van der Waals surface area contributed by atoms with Crippen molar-refractivity contribution in [3.8, 4) is 5.75 Å². The van der Waals surface area contributed by atoms with Gasteiger partial charge in [-0.1, -0.05) is 6.92 Å². The van der Waals surface area contributed by atoms with Crippen LogP contribution in [0.3, 0.4) is 0 Å². The first kappa shape index (κ1) is 12.2. The molecule has 0 bridgehead atoms. The van der Waals surface area contributed by atoms with E-state index in [0.29, 0.717) is 5.92 Å². The molecule has 1 aliphatic carbocycles. The molecule has 1 unspecified atom stereocenters. The Morgan fingerprint density at radius 2 is 2.41 bits per heavy atom. The van der Waals surface area contributed by atoms with E-state index in [-0.39, 0.29) is 6.04 Å². The number of nitrogens with two attached hydrogens (primary N) is 1. The summed E-state index contributed by atoms with van der Waals surface area (Å²) >= 11 is 0. The third-order valence-corrected chi connectivity index (χ3v) is 2.97. The van der Waals surface area contributed by atoms with E-state index in [2.05, 4.69) is 17.2 Å². The van der Waals surface area contributed by atoms with Gasteiger partial charge in [-0.05, 0) is 37.3 Å². The fraction of sp³-hybridized carbons (Fsp3) is 0.615. The lowest BCUT2D eigenvalue weighted by atomic mass is 10.2. The zero-order chi connectivity index (χ0) is 12.1. The minimum absolute atomic E-state index is 0.232. The third-order valence-electron chi connectivity index (χ3n) is 2.97. The average molecular weight is 235 g/mol. The lowest BCUT2D eigenvalue weighted by molar-refractivity contribution is 0.317. The van der Waals surface area contributed by atoms with E-state index in [4.69, 9.17) is 10.5 Å². The van der Waals surface area contributed by atoms with Gasteiger partial charge in [0.15, 0.2) is 11.6 Å². The zero-order valence-corrected chi connectivity index (χ0v) is 10.4. The van der Waals surface area contributed by atoms with Crippen molar-refractivity contribution < 1.29 is 4.74 Å². The molecule has 1 atom stereocenters. The molecule has 4 heteroatoms. The van der Waals surface area contributed by atoms with Crippen LogP contribution in [0.2, 0.25) is 0 Å². The average Bonchev–Trinajstić information content (AvgIpc) is 3.18. The second-order valence-corrected chi connectivity index (χ2v) is 4.58. The standard InChI is InChI=1S/C13H21N3O/c1-2-8-17-12-4-3-7-15-13(12)16-9-11(14)10-5-6-10/h3-4,7,10-11H,2,5-6,8-9,14H2,1H3,(H,15,16). The van der Waals surface area contributed by atoms with Crippen molar-refractivity contribution in [2.45, 2.75) is 32.2 Å². The van der Waals surface area contributed by atoms with Gasteiger partial charge in [0, 0.05) is 18.8 Å². The highest BCUT2D eigenvalue weighted by atomic mass is 16.5. The second-order valence-electron chi connectivity index (χ2n) is 4.58. The van der Waals surface area contributed by atoms with Crippen LogP contribution >= 0.6 is 0 Å². The zero-order valence-electron chi connectivity index (χ0n) is 10.4. The summed E-state index contributed by atoms with van der Waals surface area (Å²) in [5.41, 5.74) is 6.05. The first-order chi connectivity index (χ1) is 8.31. The predicted molar refractivity (Wildman–Crippen MR) is 69.2 cm³/mol. The molecule has 2 rings (SSSR count). The highest BCUT2D eigenvalue weighted by Gasteiger charge is 2.28. The Kier molecular flexibility index (Phi) is 4.20. The minimum Gasteiger partial charge on any atom is -0.490 e. The van der Waals surface area contributed by atoms with E-state index in [9.17, 15) is 0 Å². The molecule has 4 nitrogen and oxygen atoms in total. The van der Waals surface area contributed by atoms with E-state index < -0.39 is 0 Å². The molecule has 1 heterocycles. The van der Waals surface area contributed by atoms with Crippen LogP contribution in [-0.4, -0.2) is 24.2 Å². The number of rotatable bonds is 7. The van der Waals surface area contributed by atoms with Gasteiger partial charge in [0.1, 0.15) is 0 Å². The Morgan fingerprint density at radius 3 is 3.12 bits per heavy atom. The summed E-state index contributed by atoms with van der Waals surface area (Å²) in [5, 5.41) is 3.28. The van der Waals surface area contributed by atoms with Crippen LogP contribution in [0.1, 0.15) is 26.2 Å². The molecular weight excluding hydrogens is 214 g/mol. The molecule has 0 saturated heterocycles. The van der Waals surface area contributed by atoms with Crippen molar-refractivity contribution in [2.24, 2.45) is 11.7 Å². The molecule has 0 spiro atoms. The molecular formula is C13H21N3O. The molecule has 0 aliphatic heterocycles. The van der Waals surface area contributed by atoms with Crippen LogP contribution in [-0.2, 0) is 0 Å². The SMILES string of the molecule is CCCOc1cccnc1NCC(N)C1CC1. The van der Waals surface area contributed by atoms with E-state index in [1.54, 1.807) is 6.20 Å². The molecule has 0 radical (unpaired) electrons. The van der Waals surface area contributed by atoms with Gasteiger partial charge in [-0.25, -0.2) is 4.98 Å². The summed E-state index contributed by atoms with van der Waals surface area (Å²) in [5.74, 6) is 2.32. The molecule has 0 amide bonds. The third kappa shape index (κ3) is 3.60. The lowest BCUT2D eigenvalue weighted by Gasteiger charge is -2.14. The Balaban J connectivity index is 1.89. The van der Waals surface area contributed by atoms with Gasteiger partial charge in [0.05, 0.1) is 6.61 Å². The number of hydrogen-bond acceptors (Lipinski definition) is 4. The van der Waals surface area contributed by atoms with Gasteiger partial charge in [-0.15, -0.1) is 0 Å². The molecule has 17 heavy (non-hydrogen) atoms. The molecule has 3 N–H and O–H groups in total. The molecule has 0 aromatic carbocycles. The normalized spacial score (nSPS) is 16.6. The van der Waals surface area contributed by atoms with Crippen LogP contribution in [0.15, 0.2) is 18.3 Å². The van der Waals surface area contributed by atoms with E-state index in [1.807, 2.05) is 12.1 Å². The van der Waals surface area contributed by atoms with Crippen molar-refractivity contribution in [3.63, 3.8) is 0 Å². The van der Waals surface area contributed by atoms with Gasteiger partial charge in [-0.3, -0.25) is 0 Å². The van der Waals surface area contributed by atoms with Crippen LogP contribution in [0.4, 0.5) is 5.82 Å². The molecule has 1 aromatic heterocycles. The number of anilines is 1. The highest BCUT2D eigenvalue weighted by molar-refractivity contribution is 5.49. The van der Waals surface area contributed by atoms with Crippen LogP contribution < -0.4 is 15.8 Å². The fourth-order valence-corrected chi connectivity index (χ4v) is 1.76. The number of nitrogens with zero attached hydrogens (tertiary/aromatic N) is 1. The summed E-state index contributed by atoms with van der Waals surface area (Å²) in [7, 11) is 0. The van der Waals surface area contributed by atoms with Gasteiger partial charge >= 0.3 is 0 Å². The monoisotopic (exact) mass is 235 g/mol. The van der Waals surface area contributed by atoms with E-state index in [1.165, 1.54) is 12.8 Å². The molecule has 94 valence electrons. The maximum absolute atomic E-state index is 6.05. The van der Waals surface area contributed by atoms with Crippen LogP contribution in [0, 0.1) is 5.92 Å². The fourth-order valence-electron chi connectivity index (χ4n) is 1.76. The van der Waals surface area contributed by atoms with Gasteiger partial charge in [-0.2, -0.15) is 0 Å². The van der Waals surface area contributed by atoms with Crippen LogP contribution in [0.25, 0.3) is 0 Å². The Labute approximate surface area is 103 Å². The Morgan fingerprint density at radius 1 is 1.59 bits per heavy atom. The smallest absolute Gasteiger partial charge is 0.168 e. The number of pyridine rings is 1. The topological polar surface area (TPSA) is 60.2 Å². The van der Waals surface area contributed by atoms with E-state index in [0.717, 1.165) is 31.1 Å². The molecule has 1 aliphatic rings. The first-order valence-corrected chi connectivity index (χ1v) is 6.38. The quantitative estimate of drug-likeness (QED) is 0.759. The minimum atomic E-state index is 0.232. The highest BCUT2D eigenvalue weighted by Crippen LogP contribution is 2.31. The van der Waals surface area contributed by atoms with Gasteiger partial charge in [0.25, 0.3) is 0 Å². The summed E-state index contributed by atoms with van der Waals surface area (Å²) in [6, 6.07) is 4.06. The maximum Gasteiger partial charge on any atom is 0.168 e. The second kappa shape index (κ2) is 5.87. The first-order valence-electron chi connectivity index (χ1n) is 6.38. The summed E-state index contributed by atoms with van der Waals surface area (Å²) in [4.78, 5) is 4.29. The number of nitrogens with one attached hydrogen (secondary N) is 1. The van der Waals surface area contributed by atoms with Crippen LogP contribution in [0.5, 0.6) is 5.75 Å². The van der Waals surface area contributed by atoms with Gasteiger partial charge in [0.2, 0.25) is 0 Å². The molecule has 1 saturated carbocycles.